The number of hydrogen-bond donors (Lipinski definition) is 1. The summed E-state index contributed by atoms with van der Waals surface area (Å²) < 4.78 is 13.2. The maximum Gasteiger partial charge on any atom is 0.136 e. The van der Waals surface area contributed by atoms with E-state index in [0.29, 0.717) is 9.13 Å². The average molecular weight is 252 g/mol. The molecule has 3 heteroatoms. The Balaban J connectivity index is 3.14. The van der Waals surface area contributed by atoms with Crippen LogP contribution in [0.3, 0.4) is 0 Å². The van der Waals surface area contributed by atoms with E-state index in [9.17, 15) is 4.39 Å². The molecule has 10 heavy (non-hydrogen) atoms. The number of rotatable bonds is 1. The molecular weight excluding hydrogens is 246 g/mol. The first-order valence-electron chi connectivity index (χ1n) is 2.79. The monoisotopic (exact) mass is 252 g/mol. The Bertz CT molecular complexity index is 237. The van der Waals surface area contributed by atoms with Crippen LogP contribution in [-0.4, -0.2) is 5.11 Å². The molecule has 0 spiro atoms. The highest BCUT2D eigenvalue weighted by atomic mass is 127. The van der Waals surface area contributed by atoms with Crippen molar-refractivity contribution in [3.63, 3.8) is 0 Å². The zero-order valence-electron chi connectivity index (χ0n) is 5.14. The van der Waals surface area contributed by atoms with Crippen LogP contribution in [0.1, 0.15) is 5.56 Å². The molecule has 0 aromatic heterocycles. The standard InChI is InChI=1S/C7H6FIO/c8-6-3-1-2-5(4-10)7(6)9/h1-3,10H,4H2. The smallest absolute Gasteiger partial charge is 0.136 e. The third-order valence-electron chi connectivity index (χ3n) is 1.20. The number of benzene rings is 1. The highest BCUT2D eigenvalue weighted by molar-refractivity contribution is 14.1. The van der Waals surface area contributed by atoms with Crippen LogP contribution in [0, 0.1) is 9.39 Å². The van der Waals surface area contributed by atoms with E-state index in [1.54, 1.807) is 12.1 Å². The molecule has 0 fully saturated rings. The lowest BCUT2D eigenvalue weighted by Gasteiger charge is -1.99. The number of halogens is 2. The molecule has 0 radical (unpaired) electrons. The largest absolute Gasteiger partial charge is 0.392 e. The van der Waals surface area contributed by atoms with E-state index in [2.05, 4.69) is 0 Å². The van der Waals surface area contributed by atoms with Gasteiger partial charge >= 0.3 is 0 Å². The van der Waals surface area contributed by atoms with E-state index in [-0.39, 0.29) is 12.4 Å². The average Bonchev–Trinajstić information content (AvgIpc) is 1.95. The minimum Gasteiger partial charge on any atom is -0.392 e. The summed E-state index contributed by atoms with van der Waals surface area (Å²) in [5.74, 6) is -0.271. The topological polar surface area (TPSA) is 20.2 Å². The third-order valence-corrected chi connectivity index (χ3v) is 2.41. The summed E-state index contributed by atoms with van der Waals surface area (Å²) in [5, 5.41) is 8.67. The van der Waals surface area contributed by atoms with Crippen molar-refractivity contribution < 1.29 is 9.50 Å². The first-order valence-corrected chi connectivity index (χ1v) is 3.87. The fraction of sp³-hybridized carbons (Fsp3) is 0.143. The van der Waals surface area contributed by atoms with Gasteiger partial charge < -0.3 is 5.11 Å². The quantitative estimate of drug-likeness (QED) is 0.757. The second kappa shape index (κ2) is 3.30. The molecule has 1 aromatic rings. The van der Waals surface area contributed by atoms with Gasteiger partial charge in [0.05, 0.1) is 10.2 Å². The van der Waals surface area contributed by atoms with Gasteiger partial charge in [0.25, 0.3) is 0 Å². The summed E-state index contributed by atoms with van der Waals surface area (Å²) >= 11 is 1.87. The predicted molar refractivity (Wildman–Crippen MR) is 45.0 cm³/mol. The van der Waals surface area contributed by atoms with Crippen molar-refractivity contribution in [3.05, 3.63) is 33.1 Å². The van der Waals surface area contributed by atoms with Crippen molar-refractivity contribution in [1.82, 2.24) is 0 Å². The van der Waals surface area contributed by atoms with E-state index in [4.69, 9.17) is 5.11 Å². The van der Waals surface area contributed by atoms with Crippen LogP contribution < -0.4 is 0 Å². The molecule has 0 saturated heterocycles. The maximum absolute atomic E-state index is 12.6. The van der Waals surface area contributed by atoms with Crippen molar-refractivity contribution in [1.29, 1.82) is 0 Å². The molecule has 0 unspecified atom stereocenters. The van der Waals surface area contributed by atoms with Crippen LogP contribution in [0.4, 0.5) is 4.39 Å². The Labute approximate surface area is 72.0 Å². The van der Waals surface area contributed by atoms with Crippen molar-refractivity contribution in [2.24, 2.45) is 0 Å². The molecule has 0 aliphatic rings. The highest BCUT2D eigenvalue weighted by Crippen LogP contribution is 2.15. The van der Waals surface area contributed by atoms with Gasteiger partial charge in [-0.25, -0.2) is 4.39 Å². The molecule has 1 N–H and O–H groups in total. The Morgan fingerprint density at radius 1 is 1.50 bits per heavy atom. The number of aliphatic hydroxyl groups is 1. The Hall–Kier alpha value is -0.160. The summed E-state index contributed by atoms with van der Waals surface area (Å²) in [6, 6.07) is 4.66. The third kappa shape index (κ3) is 1.46. The molecular formula is C7H6FIO. The van der Waals surface area contributed by atoms with Crippen LogP contribution >= 0.6 is 22.6 Å². The zero-order valence-corrected chi connectivity index (χ0v) is 7.30. The van der Waals surface area contributed by atoms with Crippen LogP contribution in [0.15, 0.2) is 18.2 Å². The Morgan fingerprint density at radius 3 is 2.70 bits per heavy atom. The highest BCUT2D eigenvalue weighted by Gasteiger charge is 2.01. The predicted octanol–water partition coefficient (Wildman–Crippen LogP) is 1.92. The van der Waals surface area contributed by atoms with Crippen molar-refractivity contribution in [3.8, 4) is 0 Å². The summed E-state index contributed by atoms with van der Waals surface area (Å²) in [4.78, 5) is 0. The fourth-order valence-electron chi connectivity index (χ4n) is 0.671. The fourth-order valence-corrected chi connectivity index (χ4v) is 1.20. The molecule has 0 aliphatic carbocycles. The van der Waals surface area contributed by atoms with Gasteiger partial charge in [0.2, 0.25) is 0 Å². The van der Waals surface area contributed by atoms with Gasteiger partial charge in [0.15, 0.2) is 0 Å². The van der Waals surface area contributed by atoms with E-state index in [1.807, 2.05) is 22.6 Å². The van der Waals surface area contributed by atoms with Gasteiger partial charge in [-0.3, -0.25) is 0 Å². The number of aliphatic hydroxyl groups excluding tert-OH is 1. The molecule has 0 heterocycles. The molecule has 54 valence electrons. The molecule has 0 aliphatic heterocycles. The molecule has 0 amide bonds. The molecule has 0 bridgehead atoms. The van der Waals surface area contributed by atoms with Crippen LogP contribution in [0.5, 0.6) is 0 Å². The van der Waals surface area contributed by atoms with Crippen molar-refractivity contribution in [2.45, 2.75) is 6.61 Å². The van der Waals surface area contributed by atoms with Crippen molar-refractivity contribution in [2.75, 3.05) is 0 Å². The summed E-state index contributed by atoms with van der Waals surface area (Å²) in [7, 11) is 0. The van der Waals surface area contributed by atoms with Crippen LogP contribution in [0.2, 0.25) is 0 Å². The van der Waals surface area contributed by atoms with Gasteiger partial charge in [-0.15, -0.1) is 0 Å². The van der Waals surface area contributed by atoms with E-state index >= 15 is 0 Å². The zero-order chi connectivity index (χ0) is 7.56. The van der Waals surface area contributed by atoms with E-state index in [0.717, 1.165) is 0 Å². The van der Waals surface area contributed by atoms with Gasteiger partial charge in [0.1, 0.15) is 5.82 Å². The summed E-state index contributed by atoms with van der Waals surface area (Å²) in [6.07, 6.45) is 0. The normalized spacial score (nSPS) is 9.90. The lowest BCUT2D eigenvalue weighted by molar-refractivity contribution is 0.280. The molecule has 1 aromatic carbocycles. The lowest BCUT2D eigenvalue weighted by Crippen LogP contribution is -1.90. The molecule has 0 saturated carbocycles. The Kier molecular flexibility index (Phi) is 2.62. The molecule has 1 rings (SSSR count). The van der Waals surface area contributed by atoms with Gasteiger partial charge in [-0.2, -0.15) is 0 Å². The van der Waals surface area contributed by atoms with Gasteiger partial charge in [0, 0.05) is 0 Å². The minimum absolute atomic E-state index is 0.101. The lowest BCUT2D eigenvalue weighted by atomic mass is 10.2. The first-order chi connectivity index (χ1) is 4.75. The maximum atomic E-state index is 12.6. The van der Waals surface area contributed by atoms with Gasteiger partial charge in [-0.05, 0) is 34.2 Å². The Morgan fingerprint density at radius 2 is 2.20 bits per heavy atom. The van der Waals surface area contributed by atoms with Crippen molar-refractivity contribution >= 4 is 22.6 Å². The number of hydrogen-bond acceptors (Lipinski definition) is 1. The second-order valence-electron chi connectivity index (χ2n) is 1.87. The summed E-state index contributed by atoms with van der Waals surface area (Å²) in [5.41, 5.74) is 0.639. The molecule has 0 atom stereocenters. The molecule has 1 nitrogen and oxygen atoms in total. The van der Waals surface area contributed by atoms with Crippen LogP contribution in [-0.2, 0) is 6.61 Å². The summed E-state index contributed by atoms with van der Waals surface area (Å²) in [6.45, 7) is -0.101. The SMILES string of the molecule is OCc1cccc(F)c1I. The first kappa shape index (κ1) is 7.94. The minimum atomic E-state index is -0.271. The van der Waals surface area contributed by atoms with E-state index < -0.39 is 0 Å². The van der Waals surface area contributed by atoms with Gasteiger partial charge in [-0.1, -0.05) is 12.1 Å². The van der Waals surface area contributed by atoms with Crippen LogP contribution in [0.25, 0.3) is 0 Å². The second-order valence-corrected chi connectivity index (χ2v) is 2.95. The van der Waals surface area contributed by atoms with E-state index in [1.165, 1.54) is 6.07 Å².